The van der Waals surface area contributed by atoms with E-state index in [-0.39, 0.29) is 0 Å². The molecule has 6 heteroatoms. The summed E-state index contributed by atoms with van der Waals surface area (Å²) >= 11 is 1.22. The monoisotopic (exact) mass is 336 g/mol. The molecule has 1 aromatic carbocycles. The number of hydrogen-bond acceptors (Lipinski definition) is 4. The van der Waals surface area contributed by atoms with Crippen molar-refractivity contribution in [3.63, 3.8) is 0 Å². The van der Waals surface area contributed by atoms with E-state index in [4.69, 9.17) is 0 Å². The van der Waals surface area contributed by atoms with Crippen LogP contribution in [0.2, 0.25) is 0 Å². The maximum atomic E-state index is 12.2. The molecule has 1 aromatic heterocycles. The van der Waals surface area contributed by atoms with Gasteiger partial charge in [-0.2, -0.15) is 0 Å². The van der Waals surface area contributed by atoms with E-state index in [2.05, 4.69) is 16.5 Å². The first-order chi connectivity index (χ1) is 10.5. The lowest BCUT2D eigenvalue weighted by Gasteiger charge is -2.32. The Kier molecular flexibility index (Phi) is 4.40. The van der Waals surface area contributed by atoms with E-state index >= 15 is 0 Å². The molecule has 0 radical (unpaired) electrons. The highest BCUT2D eigenvalue weighted by Crippen LogP contribution is 2.25. The van der Waals surface area contributed by atoms with E-state index in [1.807, 2.05) is 24.3 Å². The molecule has 1 N–H and O–H groups in total. The fraction of sp³-hybridized carbons (Fsp3) is 0.375. The van der Waals surface area contributed by atoms with E-state index in [0.717, 1.165) is 18.8 Å². The Hall–Kier alpha value is -1.53. The Morgan fingerprint density at radius 3 is 2.64 bits per heavy atom. The van der Waals surface area contributed by atoms with Crippen LogP contribution in [0.4, 0.5) is 11.4 Å². The fourth-order valence-electron chi connectivity index (χ4n) is 2.79. The minimum Gasteiger partial charge on any atom is -0.371 e. The molecule has 1 fully saturated rings. The van der Waals surface area contributed by atoms with Gasteiger partial charge in [0.05, 0.1) is 0 Å². The first-order valence-electron chi connectivity index (χ1n) is 7.46. The Balaban J connectivity index is 1.72. The van der Waals surface area contributed by atoms with Gasteiger partial charge in [-0.15, -0.1) is 11.3 Å². The number of rotatable bonds is 4. The quantitative estimate of drug-likeness (QED) is 0.924. The van der Waals surface area contributed by atoms with Crippen molar-refractivity contribution in [2.24, 2.45) is 5.92 Å². The van der Waals surface area contributed by atoms with Gasteiger partial charge in [0, 0.05) is 24.5 Å². The third kappa shape index (κ3) is 3.44. The van der Waals surface area contributed by atoms with Crippen molar-refractivity contribution < 1.29 is 8.42 Å². The standard InChI is InChI=1S/C16H20N2O2S2/c1-13-4-2-10-18(12-13)15-8-6-14(7-9-15)17-22(19,20)16-5-3-11-21-16/h3,5-9,11,13,17H,2,4,10,12H2,1H3. The fourth-order valence-corrected chi connectivity index (χ4v) is 4.84. The Morgan fingerprint density at radius 2 is 2.00 bits per heavy atom. The molecule has 0 saturated carbocycles. The lowest BCUT2D eigenvalue weighted by Crippen LogP contribution is -2.34. The molecule has 118 valence electrons. The van der Waals surface area contributed by atoms with Crippen molar-refractivity contribution >= 4 is 32.7 Å². The zero-order chi connectivity index (χ0) is 15.6. The van der Waals surface area contributed by atoms with Gasteiger partial charge in [-0.3, -0.25) is 4.72 Å². The van der Waals surface area contributed by atoms with Gasteiger partial charge in [0.2, 0.25) is 0 Å². The van der Waals surface area contributed by atoms with Crippen LogP contribution in [0.5, 0.6) is 0 Å². The van der Waals surface area contributed by atoms with Gasteiger partial charge < -0.3 is 4.90 Å². The molecule has 0 bridgehead atoms. The molecule has 1 atom stereocenters. The van der Waals surface area contributed by atoms with Crippen LogP contribution in [-0.4, -0.2) is 21.5 Å². The maximum Gasteiger partial charge on any atom is 0.271 e. The van der Waals surface area contributed by atoms with Crippen LogP contribution in [-0.2, 0) is 10.0 Å². The smallest absolute Gasteiger partial charge is 0.271 e. The van der Waals surface area contributed by atoms with Gasteiger partial charge in [-0.05, 0) is 54.5 Å². The molecule has 0 amide bonds. The zero-order valence-electron chi connectivity index (χ0n) is 12.5. The lowest BCUT2D eigenvalue weighted by molar-refractivity contribution is 0.447. The van der Waals surface area contributed by atoms with Crippen molar-refractivity contribution in [1.82, 2.24) is 0 Å². The third-order valence-electron chi connectivity index (χ3n) is 3.90. The summed E-state index contributed by atoms with van der Waals surface area (Å²) in [5.74, 6) is 0.714. The van der Waals surface area contributed by atoms with E-state index < -0.39 is 10.0 Å². The van der Waals surface area contributed by atoms with Crippen LogP contribution in [0.1, 0.15) is 19.8 Å². The summed E-state index contributed by atoms with van der Waals surface area (Å²) in [6.45, 7) is 4.42. The zero-order valence-corrected chi connectivity index (χ0v) is 14.2. The molecule has 3 rings (SSSR count). The maximum absolute atomic E-state index is 12.2. The molecule has 2 aromatic rings. The second kappa shape index (κ2) is 6.30. The highest BCUT2D eigenvalue weighted by molar-refractivity contribution is 7.94. The van der Waals surface area contributed by atoms with Crippen LogP contribution < -0.4 is 9.62 Å². The predicted octanol–water partition coefficient (Wildman–Crippen LogP) is 3.79. The third-order valence-corrected chi connectivity index (χ3v) is 6.68. The van der Waals surface area contributed by atoms with Crippen molar-refractivity contribution in [3.05, 3.63) is 41.8 Å². The van der Waals surface area contributed by atoms with Crippen LogP contribution in [0.25, 0.3) is 0 Å². The molecule has 4 nitrogen and oxygen atoms in total. The molecule has 22 heavy (non-hydrogen) atoms. The minimum atomic E-state index is -3.46. The summed E-state index contributed by atoms with van der Waals surface area (Å²) in [6, 6.07) is 11.0. The Morgan fingerprint density at radius 1 is 1.23 bits per heavy atom. The van der Waals surface area contributed by atoms with E-state index in [9.17, 15) is 8.42 Å². The largest absolute Gasteiger partial charge is 0.371 e. The second-order valence-corrected chi connectivity index (χ2v) is 8.63. The molecular formula is C16H20N2O2S2. The SMILES string of the molecule is CC1CCCN(c2ccc(NS(=O)(=O)c3cccs3)cc2)C1. The molecule has 1 unspecified atom stereocenters. The first kappa shape index (κ1) is 15.4. The minimum absolute atomic E-state index is 0.335. The van der Waals surface area contributed by atoms with Gasteiger partial charge in [0.15, 0.2) is 0 Å². The van der Waals surface area contributed by atoms with Crippen LogP contribution >= 0.6 is 11.3 Å². The average molecular weight is 336 g/mol. The Labute approximate surface area is 135 Å². The van der Waals surface area contributed by atoms with Crippen LogP contribution in [0.3, 0.4) is 0 Å². The van der Waals surface area contributed by atoms with E-state index in [0.29, 0.717) is 15.8 Å². The number of piperidine rings is 1. The van der Waals surface area contributed by atoms with E-state index in [1.54, 1.807) is 17.5 Å². The van der Waals surface area contributed by atoms with Gasteiger partial charge in [0.1, 0.15) is 4.21 Å². The number of sulfonamides is 1. The summed E-state index contributed by atoms with van der Waals surface area (Å²) in [5, 5.41) is 1.76. The van der Waals surface area contributed by atoms with Crippen LogP contribution in [0, 0.1) is 5.92 Å². The highest BCUT2D eigenvalue weighted by atomic mass is 32.2. The van der Waals surface area contributed by atoms with E-state index in [1.165, 1.54) is 24.2 Å². The normalized spacial score (nSPS) is 19.1. The average Bonchev–Trinajstić information content (AvgIpc) is 3.03. The number of nitrogens with zero attached hydrogens (tertiary/aromatic N) is 1. The number of hydrogen-bond donors (Lipinski definition) is 1. The van der Waals surface area contributed by atoms with Crippen molar-refractivity contribution in [2.75, 3.05) is 22.7 Å². The molecule has 1 aliphatic rings. The number of benzene rings is 1. The number of nitrogens with one attached hydrogen (secondary N) is 1. The van der Waals surface area contributed by atoms with Crippen molar-refractivity contribution in [2.45, 2.75) is 24.0 Å². The highest BCUT2D eigenvalue weighted by Gasteiger charge is 2.18. The summed E-state index contributed by atoms with van der Waals surface area (Å²) < 4.78 is 27.3. The number of anilines is 2. The molecular weight excluding hydrogens is 316 g/mol. The second-order valence-electron chi connectivity index (χ2n) is 5.78. The summed E-state index contributed by atoms with van der Waals surface area (Å²) in [5.41, 5.74) is 1.76. The summed E-state index contributed by atoms with van der Waals surface area (Å²) in [6.07, 6.45) is 2.50. The number of thiophene rings is 1. The van der Waals surface area contributed by atoms with Crippen LogP contribution in [0.15, 0.2) is 46.0 Å². The molecule has 0 aliphatic carbocycles. The topological polar surface area (TPSA) is 49.4 Å². The van der Waals surface area contributed by atoms with Gasteiger partial charge in [-0.25, -0.2) is 8.42 Å². The molecule has 1 saturated heterocycles. The lowest BCUT2D eigenvalue weighted by atomic mass is 10.00. The summed E-state index contributed by atoms with van der Waals surface area (Å²) in [4.78, 5) is 2.37. The van der Waals surface area contributed by atoms with Gasteiger partial charge >= 0.3 is 0 Å². The van der Waals surface area contributed by atoms with Crippen molar-refractivity contribution in [3.8, 4) is 0 Å². The first-order valence-corrected chi connectivity index (χ1v) is 9.82. The molecule has 2 heterocycles. The Bertz CT molecular complexity index is 709. The van der Waals surface area contributed by atoms with Gasteiger partial charge in [0.25, 0.3) is 10.0 Å². The molecule has 1 aliphatic heterocycles. The predicted molar refractivity (Wildman–Crippen MR) is 92.2 cm³/mol. The molecule has 0 spiro atoms. The van der Waals surface area contributed by atoms with Gasteiger partial charge in [-0.1, -0.05) is 13.0 Å². The van der Waals surface area contributed by atoms with Crippen molar-refractivity contribution in [1.29, 1.82) is 0 Å². The summed E-state index contributed by atoms with van der Waals surface area (Å²) in [7, 11) is -3.46.